The summed E-state index contributed by atoms with van der Waals surface area (Å²) >= 11 is 0. The van der Waals surface area contributed by atoms with Crippen molar-refractivity contribution in [2.45, 2.75) is 11.8 Å². The van der Waals surface area contributed by atoms with Crippen molar-refractivity contribution in [1.82, 2.24) is 0 Å². The molecule has 0 saturated heterocycles. The summed E-state index contributed by atoms with van der Waals surface area (Å²) in [6.45, 7) is 7.76. The molecular weight excluding hydrogens is 364 g/mol. The number of aliphatic hydroxyl groups excluding tert-OH is 1. The Bertz CT molecular complexity index is 692. The minimum atomic E-state index is -3.80. The Morgan fingerprint density at radius 2 is 1.50 bits per heavy atom. The van der Waals surface area contributed by atoms with Crippen molar-refractivity contribution in [2.24, 2.45) is 0 Å². The SMILES string of the molecule is C=CC(=O)OCCO.C=CC(=O)OCCOS(=O)(=O)c1ccc(C)cc1. The zero-order valence-corrected chi connectivity index (χ0v) is 15.2. The molecule has 0 bridgehead atoms. The van der Waals surface area contributed by atoms with Gasteiger partial charge in [-0.1, -0.05) is 30.9 Å². The van der Waals surface area contributed by atoms with Crippen molar-refractivity contribution >= 4 is 22.1 Å². The Balaban J connectivity index is 0.000000660. The van der Waals surface area contributed by atoms with Gasteiger partial charge in [0.25, 0.3) is 10.1 Å². The van der Waals surface area contributed by atoms with Gasteiger partial charge in [0, 0.05) is 12.2 Å². The topological polar surface area (TPSA) is 116 Å². The van der Waals surface area contributed by atoms with Gasteiger partial charge in [0.2, 0.25) is 0 Å². The van der Waals surface area contributed by atoms with Crippen LogP contribution in [-0.2, 0) is 33.4 Å². The summed E-state index contributed by atoms with van der Waals surface area (Å²) in [6, 6.07) is 6.27. The largest absolute Gasteiger partial charge is 0.460 e. The molecule has 0 aliphatic rings. The molecular formula is C17H22O8S. The maximum absolute atomic E-state index is 11.7. The highest BCUT2D eigenvalue weighted by molar-refractivity contribution is 7.86. The highest BCUT2D eigenvalue weighted by atomic mass is 32.2. The monoisotopic (exact) mass is 386 g/mol. The van der Waals surface area contributed by atoms with Gasteiger partial charge in [0.15, 0.2) is 0 Å². The van der Waals surface area contributed by atoms with Crippen LogP contribution in [0.5, 0.6) is 0 Å². The van der Waals surface area contributed by atoms with Crippen LogP contribution in [0.25, 0.3) is 0 Å². The summed E-state index contributed by atoms with van der Waals surface area (Å²) in [6.07, 6.45) is 2.05. The van der Waals surface area contributed by atoms with Gasteiger partial charge in [0.05, 0.1) is 11.5 Å². The molecule has 0 aliphatic heterocycles. The van der Waals surface area contributed by atoms with Crippen LogP contribution < -0.4 is 0 Å². The van der Waals surface area contributed by atoms with Gasteiger partial charge in [-0.3, -0.25) is 4.18 Å². The maximum Gasteiger partial charge on any atom is 0.330 e. The van der Waals surface area contributed by atoms with E-state index in [4.69, 9.17) is 9.29 Å². The highest BCUT2D eigenvalue weighted by Gasteiger charge is 2.14. The fourth-order valence-corrected chi connectivity index (χ4v) is 2.22. The van der Waals surface area contributed by atoms with E-state index < -0.39 is 22.1 Å². The lowest BCUT2D eigenvalue weighted by atomic mass is 10.2. The quantitative estimate of drug-likeness (QED) is 0.291. The first kappa shape index (κ1) is 23.5. The molecule has 0 atom stereocenters. The summed E-state index contributed by atoms with van der Waals surface area (Å²) in [5, 5.41) is 8.10. The van der Waals surface area contributed by atoms with Crippen LogP contribution in [0.4, 0.5) is 0 Å². The van der Waals surface area contributed by atoms with Crippen molar-refractivity contribution in [3.05, 3.63) is 55.1 Å². The van der Waals surface area contributed by atoms with E-state index in [1.54, 1.807) is 12.1 Å². The number of aliphatic hydroxyl groups is 1. The minimum Gasteiger partial charge on any atom is -0.460 e. The molecule has 0 aliphatic carbocycles. The molecule has 0 radical (unpaired) electrons. The number of hydrogen-bond donors (Lipinski definition) is 1. The predicted octanol–water partition coefficient (Wildman–Crippen LogP) is 1.14. The van der Waals surface area contributed by atoms with Crippen molar-refractivity contribution < 1.29 is 36.8 Å². The normalized spacial score (nSPS) is 10.1. The summed E-state index contributed by atoms with van der Waals surface area (Å²) in [5.74, 6) is -1.12. The number of esters is 2. The average Bonchev–Trinajstić information content (AvgIpc) is 2.63. The number of aryl methyl sites for hydroxylation is 1. The van der Waals surface area contributed by atoms with E-state index in [-0.39, 0.29) is 31.3 Å². The van der Waals surface area contributed by atoms with Gasteiger partial charge in [-0.25, -0.2) is 9.59 Å². The third kappa shape index (κ3) is 10.4. The molecule has 0 spiro atoms. The van der Waals surface area contributed by atoms with Gasteiger partial charge in [-0.2, -0.15) is 8.42 Å². The molecule has 0 fully saturated rings. The van der Waals surface area contributed by atoms with E-state index in [1.807, 2.05) is 6.92 Å². The molecule has 1 aromatic carbocycles. The Kier molecular flexibility index (Phi) is 11.6. The second kappa shape index (κ2) is 12.8. The highest BCUT2D eigenvalue weighted by Crippen LogP contribution is 2.12. The average molecular weight is 386 g/mol. The number of carbonyl (C=O) groups is 2. The molecule has 0 amide bonds. The van der Waals surface area contributed by atoms with E-state index in [0.717, 1.165) is 17.7 Å². The zero-order valence-electron chi connectivity index (χ0n) is 14.4. The molecule has 0 heterocycles. The summed E-state index contributed by atoms with van der Waals surface area (Å²) in [4.78, 5) is 20.9. The number of hydrogen-bond acceptors (Lipinski definition) is 8. The van der Waals surface area contributed by atoms with Gasteiger partial charge < -0.3 is 14.6 Å². The minimum absolute atomic E-state index is 0.0465. The van der Waals surface area contributed by atoms with Crippen LogP contribution in [0.2, 0.25) is 0 Å². The number of benzene rings is 1. The van der Waals surface area contributed by atoms with E-state index in [9.17, 15) is 18.0 Å². The molecule has 8 nitrogen and oxygen atoms in total. The van der Waals surface area contributed by atoms with Crippen LogP contribution in [-0.4, -0.2) is 51.9 Å². The molecule has 0 unspecified atom stereocenters. The third-order valence-corrected chi connectivity index (χ3v) is 3.87. The number of carbonyl (C=O) groups excluding carboxylic acids is 2. The number of ether oxygens (including phenoxy) is 2. The fraction of sp³-hybridized carbons (Fsp3) is 0.294. The summed E-state index contributed by atoms with van der Waals surface area (Å²) < 4.78 is 37.0. The van der Waals surface area contributed by atoms with Crippen molar-refractivity contribution in [3.8, 4) is 0 Å². The fourth-order valence-electron chi connectivity index (χ4n) is 1.32. The number of rotatable bonds is 9. The Hall–Kier alpha value is -2.49. The van der Waals surface area contributed by atoms with E-state index >= 15 is 0 Å². The summed E-state index contributed by atoms with van der Waals surface area (Å²) in [7, 11) is -3.80. The first-order chi connectivity index (χ1) is 12.3. The molecule has 1 aromatic rings. The third-order valence-electron chi connectivity index (χ3n) is 2.54. The van der Waals surface area contributed by atoms with Crippen molar-refractivity contribution in [3.63, 3.8) is 0 Å². The lowest BCUT2D eigenvalue weighted by Gasteiger charge is -2.06. The van der Waals surface area contributed by atoms with Crippen LogP contribution >= 0.6 is 0 Å². The first-order valence-corrected chi connectivity index (χ1v) is 8.83. The second-order valence-electron chi connectivity index (χ2n) is 4.56. The molecule has 0 saturated carbocycles. The standard InChI is InChI=1S/C12H14O5S.C5H8O3/c1-3-12(13)16-8-9-17-18(14,15)11-6-4-10(2)5-7-11;1-2-5(7)8-4-3-6/h3-7H,1,8-9H2,2H3;2,6H,1,3-4H2. The maximum atomic E-state index is 11.7. The molecule has 26 heavy (non-hydrogen) atoms. The second-order valence-corrected chi connectivity index (χ2v) is 6.17. The molecule has 1 rings (SSSR count). The van der Waals surface area contributed by atoms with Crippen LogP contribution in [0.1, 0.15) is 5.56 Å². The molecule has 144 valence electrons. The lowest BCUT2D eigenvalue weighted by Crippen LogP contribution is -2.13. The Morgan fingerprint density at radius 3 is 1.96 bits per heavy atom. The predicted molar refractivity (Wildman–Crippen MR) is 93.7 cm³/mol. The Morgan fingerprint density at radius 1 is 1.00 bits per heavy atom. The zero-order chi connectivity index (χ0) is 20.0. The van der Waals surface area contributed by atoms with E-state index in [0.29, 0.717) is 0 Å². The van der Waals surface area contributed by atoms with Crippen molar-refractivity contribution in [2.75, 3.05) is 26.4 Å². The van der Waals surface area contributed by atoms with Gasteiger partial charge in [0.1, 0.15) is 19.8 Å². The van der Waals surface area contributed by atoms with E-state index in [1.165, 1.54) is 12.1 Å². The van der Waals surface area contributed by atoms with Crippen LogP contribution in [0.15, 0.2) is 54.5 Å². The van der Waals surface area contributed by atoms with Gasteiger partial charge in [-0.15, -0.1) is 0 Å². The van der Waals surface area contributed by atoms with Gasteiger partial charge >= 0.3 is 11.9 Å². The lowest BCUT2D eigenvalue weighted by molar-refractivity contribution is -0.139. The van der Waals surface area contributed by atoms with E-state index in [2.05, 4.69) is 22.6 Å². The Labute approximate surface area is 152 Å². The molecule has 0 aromatic heterocycles. The smallest absolute Gasteiger partial charge is 0.330 e. The summed E-state index contributed by atoms with van der Waals surface area (Å²) in [5.41, 5.74) is 0.953. The molecule has 9 heteroatoms. The van der Waals surface area contributed by atoms with Crippen LogP contribution in [0.3, 0.4) is 0 Å². The first-order valence-electron chi connectivity index (χ1n) is 7.42. The molecule has 1 N–H and O–H groups in total. The van der Waals surface area contributed by atoms with Crippen LogP contribution in [0, 0.1) is 6.92 Å². The van der Waals surface area contributed by atoms with Crippen molar-refractivity contribution in [1.29, 1.82) is 0 Å². The van der Waals surface area contributed by atoms with Gasteiger partial charge in [-0.05, 0) is 19.1 Å².